The molecule has 0 aliphatic carbocycles. The normalized spacial score (nSPS) is 11.2. The smallest absolute Gasteiger partial charge is 0.282 e. The van der Waals surface area contributed by atoms with Crippen LogP contribution in [0.15, 0.2) is 87.2 Å². The van der Waals surface area contributed by atoms with Crippen molar-refractivity contribution in [1.29, 1.82) is 5.26 Å². The second kappa shape index (κ2) is 13.1. The summed E-state index contributed by atoms with van der Waals surface area (Å²) in [6.45, 7) is 6.34. The van der Waals surface area contributed by atoms with Crippen LogP contribution in [0.4, 0.5) is 0 Å². The zero-order valence-corrected chi connectivity index (χ0v) is 26.7. The van der Waals surface area contributed by atoms with Crippen LogP contribution in [0.2, 0.25) is 0 Å². The van der Waals surface area contributed by atoms with Gasteiger partial charge in [0, 0.05) is 11.1 Å². The molecule has 9 heteroatoms. The molecule has 0 aliphatic rings. The molecule has 8 nitrogen and oxygen atoms in total. The topological polar surface area (TPSA) is 98.7 Å². The lowest BCUT2D eigenvalue weighted by atomic mass is 9.96. The van der Waals surface area contributed by atoms with E-state index >= 15 is 0 Å². The SMILES string of the molecule is COc1cc(C)c(-c2nc3ccccc3c(=O)n2N=Cc2cc(Br)c(OCc3ccccc3C#N)c(OC)c2)cc1C(C)C. The summed E-state index contributed by atoms with van der Waals surface area (Å²) in [6.07, 6.45) is 1.59. The first-order valence-corrected chi connectivity index (χ1v) is 14.8. The molecule has 4 aromatic carbocycles. The summed E-state index contributed by atoms with van der Waals surface area (Å²) in [4.78, 5) is 18.7. The molecule has 0 N–H and O–H groups in total. The van der Waals surface area contributed by atoms with Gasteiger partial charge in [0.15, 0.2) is 17.3 Å². The van der Waals surface area contributed by atoms with Crippen molar-refractivity contribution in [2.24, 2.45) is 5.10 Å². The van der Waals surface area contributed by atoms with Crippen LogP contribution in [0.5, 0.6) is 17.2 Å². The van der Waals surface area contributed by atoms with Gasteiger partial charge < -0.3 is 14.2 Å². The lowest BCUT2D eigenvalue weighted by Gasteiger charge is -2.17. The summed E-state index contributed by atoms with van der Waals surface area (Å²) in [5.74, 6) is 2.35. The van der Waals surface area contributed by atoms with Crippen LogP contribution in [-0.4, -0.2) is 30.1 Å². The maximum Gasteiger partial charge on any atom is 0.282 e. The van der Waals surface area contributed by atoms with Crippen LogP contribution >= 0.6 is 15.9 Å². The standard InChI is InChI=1S/C35H31BrN4O4/c1-21(2)27-17-28(22(3)14-31(27)42-4)34-39-30-13-9-8-12-26(30)35(41)40(34)38-19-23-15-29(36)33(32(16-23)43-5)44-20-25-11-7-6-10-24(25)18-37/h6-17,19,21H,20H2,1-5H3. The fraction of sp³-hybridized carbons (Fsp3) is 0.200. The van der Waals surface area contributed by atoms with Crippen LogP contribution in [0, 0.1) is 18.3 Å². The van der Waals surface area contributed by atoms with E-state index in [1.165, 1.54) is 4.68 Å². The number of nitriles is 1. The molecule has 5 rings (SSSR count). The molecular weight excluding hydrogens is 620 g/mol. The average molecular weight is 652 g/mol. The largest absolute Gasteiger partial charge is 0.496 e. The molecule has 0 fully saturated rings. The summed E-state index contributed by atoms with van der Waals surface area (Å²) in [5.41, 5.74) is 4.97. The van der Waals surface area contributed by atoms with Crippen molar-refractivity contribution in [3.05, 3.63) is 115 Å². The maximum absolute atomic E-state index is 13.8. The molecule has 0 aliphatic heterocycles. The number of benzene rings is 4. The average Bonchev–Trinajstić information content (AvgIpc) is 3.03. The molecule has 44 heavy (non-hydrogen) atoms. The van der Waals surface area contributed by atoms with Crippen molar-refractivity contribution < 1.29 is 14.2 Å². The highest BCUT2D eigenvalue weighted by Crippen LogP contribution is 2.37. The fourth-order valence-electron chi connectivity index (χ4n) is 4.96. The number of nitrogens with zero attached hydrogens (tertiary/aromatic N) is 4. The Balaban J connectivity index is 1.59. The third kappa shape index (κ3) is 6.08. The maximum atomic E-state index is 13.8. The van der Waals surface area contributed by atoms with E-state index in [9.17, 15) is 10.1 Å². The Morgan fingerprint density at radius 3 is 2.48 bits per heavy atom. The van der Waals surface area contributed by atoms with E-state index in [1.54, 1.807) is 38.6 Å². The summed E-state index contributed by atoms with van der Waals surface area (Å²) >= 11 is 3.59. The van der Waals surface area contributed by atoms with E-state index < -0.39 is 0 Å². The molecule has 0 bridgehead atoms. The number of halogens is 1. The van der Waals surface area contributed by atoms with Gasteiger partial charge in [-0.1, -0.05) is 44.2 Å². The van der Waals surface area contributed by atoms with Gasteiger partial charge in [-0.25, -0.2) is 4.98 Å². The highest BCUT2D eigenvalue weighted by atomic mass is 79.9. The van der Waals surface area contributed by atoms with Crippen LogP contribution in [0.3, 0.4) is 0 Å². The Kier molecular flexibility index (Phi) is 9.12. The van der Waals surface area contributed by atoms with Gasteiger partial charge in [0.05, 0.1) is 47.4 Å². The number of rotatable bonds is 9. The summed E-state index contributed by atoms with van der Waals surface area (Å²) in [7, 11) is 3.20. The molecule has 5 aromatic rings. The number of aryl methyl sites for hydroxylation is 1. The predicted molar refractivity (Wildman–Crippen MR) is 176 cm³/mol. The summed E-state index contributed by atoms with van der Waals surface area (Å²) < 4.78 is 19.3. The van der Waals surface area contributed by atoms with Crippen LogP contribution in [-0.2, 0) is 6.61 Å². The van der Waals surface area contributed by atoms with E-state index in [2.05, 4.69) is 40.9 Å². The van der Waals surface area contributed by atoms with Gasteiger partial charge in [-0.05, 0) is 87.9 Å². The molecule has 222 valence electrons. The van der Waals surface area contributed by atoms with Crippen molar-refractivity contribution in [3.8, 4) is 34.7 Å². The highest BCUT2D eigenvalue weighted by Gasteiger charge is 2.19. The number of methoxy groups -OCH3 is 2. The Hall–Kier alpha value is -4.94. The van der Waals surface area contributed by atoms with Crippen molar-refractivity contribution >= 4 is 33.0 Å². The Bertz CT molecular complexity index is 1990. The van der Waals surface area contributed by atoms with Crippen LogP contribution in [0.1, 0.15) is 47.6 Å². The highest BCUT2D eigenvalue weighted by molar-refractivity contribution is 9.10. The number of hydrogen-bond acceptors (Lipinski definition) is 7. The van der Waals surface area contributed by atoms with Crippen molar-refractivity contribution in [2.75, 3.05) is 14.2 Å². The van der Waals surface area contributed by atoms with E-state index in [1.807, 2.05) is 61.5 Å². The predicted octanol–water partition coefficient (Wildman–Crippen LogP) is 7.61. The Morgan fingerprint density at radius 1 is 1.02 bits per heavy atom. The van der Waals surface area contributed by atoms with Gasteiger partial charge in [-0.3, -0.25) is 4.79 Å². The minimum atomic E-state index is -0.287. The van der Waals surface area contributed by atoms with Gasteiger partial charge in [-0.2, -0.15) is 15.0 Å². The first-order valence-electron chi connectivity index (χ1n) is 14.0. The van der Waals surface area contributed by atoms with Crippen molar-refractivity contribution in [2.45, 2.75) is 33.3 Å². The van der Waals surface area contributed by atoms with E-state index in [4.69, 9.17) is 19.2 Å². The quantitative estimate of drug-likeness (QED) is 0.152. The molecule has 0 radical (unpaired) electrons. The van der Waals surface area contributed by atoms with Gasteiger partial charge >= 0.3 is 0 Å². The van der Waals surface area contributed by atoms with Gasteiger partial charge in [0.2, 0.25) is 0 Å². The van der Waals surface area contributed by atoms with Crippen LogP contribution in [0.25, 0.3) is 22.3 Å². The van der Waals surface area contributed by atoms with Crippen molar-refractivity contribution in [3.63, 3.8) is 0 Å². The second-order valence-electron chi connectivity index (χ2n) is 10.5. The number of fused-ring (bicyclic) bond motifs is 1. The molecule has 0 spiro atoms. The van der Waals surface area contributed by atoms with Gasteiger partial charge in [0.1, 0.15) is 12.4 Å². The fourth-order valence-corrected chi connectivity index (χ4v) is 5.53. The zero-order chi connectivity index (χ0) is 31.4. The molecule has 0 saturated heterocycles. The second-order valence-corrected chi connectivity index (χ2v) is 11.3. The Morgan fingerprint density at radius 2 is 1.75 bits per heavy atom. The number of para-hydroxylation sites is 1. The first-order chi connectivity index (χ1) is 21.2. The number of aromatic nitrogens is 2. The molecule has 0 atom stereocenters. The number of hydrogen-bond donors (Lipinski definition) is 0. The minimum absolute atomic E-state index is 0.187. The van der Waals surface area contributed by atoms with Crippen molar-refractivity contribution in [1.82, 2.24) is 9.66 Å². The molecule has 0 amide bonds. The molecular formula is C35H31BrN4O4. The van der Waals surface area contributed by atoms with Crippen LogP contribution < -0.4 is 19.8 Å². The van der Waals surface area contributed by atoms with E-state index in [0.717, 1.165) is 28.0 Å². The molecule has 0 saturated carbocycles. The molecule has 1 heterocycles. The minimum Gasteiger partial charge on any atom is -0.496 e. The molecule has 1 aromatic heterocycles. The third-order valence-electron chi connectivity index (χ3n) is 7.28. The summed E-state index contributed by atoms with van der Waals surface area (Å²) in [5, 5.41) is 14.5. The Labute approximate surface area is 264 Å². The van der Waals surface area contributed by atoms with E-state index in [-0.39, 0.29) is 18.1 Å². The zero-order valence-electron chi connectivity index (χ0n) is 25.1. The first kappa shape index (κ1) is 30.5. The monoisotopic (exact) mass is 650 g/mol. The third-order valence-corrected chi connectivity index (χ3v) is 7.87. The van der Waals surface area contributed by atoms with Gasteiger partial charge in [0.25, 0.3) is 5.56 Å². The van der Waals surface area contributed by atoms with Gasteiger partial charge in [-0.15, -0.1) is 0 Å². The lowest BCUT2D eigenvalue weighted by Crippen LogP contribution is -2.20. The lowest BCUT2D eigenvalue weighted by molar-refractivity contribution is 0.282. The van der Waals surface area contributed by atoms with E-state index in [0.29, 0.717) is 43.8 Å². The summed E-state index contributed by atoms with van der Waals surface area (Å²) in [6, 6.07) is 24.3. The molecule has 0 unspecified atom stereocenters. The number of ether oxygens (including phenoxy) is 3.